The molecule has 1 saturated heterocycles. The van der Waals surface area contributed by atoms with Gasteiger partial charge in [0.15, 0.2) is 0 Å². The molecule has 1 aliphatic rings. The normalized spacial score (nSPS) is 26.1. The molecule has 1 aromatic heterocycles. The first-order chi connectivity index (χ1) is 7.65. The lowest BCUT2D eigenvalue weighted by molar-refractivity contribution is 0.330. The molecule has 1 aliphatic heterocycles. The van der Waals surface area contributed by atoms with E-state index in [0.717, 1.165) is 4.88 Å². The Morgan fingerprint density at radius 3 is 3.00 bits per heavy atom. The van der Waals surface area contributed by atoms with Crippen molar-refractivity contribution in [1.82, 2.24) is 5.32 Å². The van der Waals surface area contributed by atoms with E-state index in [0.29, 0.717) is 13.1 Å². The molecule has 2 rings (SSSR count). The molecule has 2 heterocycles. The lowest BCUT2D eigenvalue weighted by atomic mass is 10.1. The number of nitrogens with one attached hydrogen (secondary N) is 1. The summed E-state index contributed by atoms with van der Waals surface area (Å²) in [6, 6.07) is 3.93. The van der Waals surface area contributed by atoms with Crippen LogP contribution in [0, 0.1) is 0 Å². The van der Waals surface area contributed by atoms with E-state index in [9.17, 15) is 8.42 Å². The van der Waals surface area contributed by atoms with Crippen molar-refractivity contribution in [3.63, 3.8) is 0 Å². The fourth-order valence-electron chi connectivity index (χ4n) is 2.00. The van der Waals surface area contributed by atoms with Crippen LogP contribution in [0.4, 0.5) is 0 Å². The van der Waals surface area contributed by atoms with Gasteiger partial charge in [0, 0.05) is 23.9 Å². The Hall–Kier alpha value is -0.430. The number of hydrogen-bond donors (Lipinski definition) is 1. The zero-order valence-corrected chi connectivity index (χ0v) is 10.7. The van der Waals surface area contributed by atoms with Gasteiger partial charge in [0.25, 0.3) is 10.1 Å². The third-order valence-electron chi connectivity index (χ3n) is 2.72. The highest BCUT2D eigenvalue weighted by Gasteiger charge is 2.39. The minimum absolute atomic E-state index is 0.0246. The van der Waals surface area contributed by atoms with E-state index in [1.807, 2.05) is 17.5 Å². The first-order valence-corrected chi connectivity index (χ1v) is 7.62. The van der Waals surface area contributed by atoms with Crippen LogP contribution in [0.3, 0.4) is 0 Å². The van der Waals surface area contributed by atoms with Crippen LogP contribution in [-0.2, 0) is 14.3 Å². The molecule has 6 heteroatoms. The van der Waals surface area contributed by atoms with Crippen molar-refractivity contribution < 1.29 is 12.6 Å². The molecule has 0 bridgehead atoms. The summed E-state index contributed by atoms with van der Waals surface area (Å²) in [5, 5.41) is 4.64. The van der Waals surface area contributed by atoms with Crippen molar-refractivity contribution in [1.29, 1.82) is 0 Å². The molecule has 16 heavy (non-hydrogen) atoms. The van der Waals surface area contributed by atoms with Gasteiger partial charge in [-0.1, -0.05) is 6.07 Å². The fourth-order valence-corrected chi connectivity index (χ4v) is 4.45. The predicted octanol–water partition coefficient (Wildman–Crippen LogP) is 1.17. The van der Waals surface area contributed by atoms with Gasteiger partial charge >= 0.3 is 0 Å². The Kier molecular flexibility index (Phi) is 3.63. The van der Waals surface area contributed by atoms with Crippen molar-refractivity contribution in [2.75, 3.05) is 19.7 Å². The van der Waals surface area contributed by atoms with Crippen LogP contribution in [0.15, 0.2) is 17.5 Å². The Morgan fingerprint density at radius 1 is 1.56 bits per heavy atom. The van der Waals surface area contributed by atoms with E-state index in [1.165, 1.54) is 0 Å². The summed E-state index contributed by atoms with van der Waals surface area (Å²) in [6.45, 7) is 3.08. The first-order valence-electron chi connectivity index (χ1n) is 5.27. The van der Waals surface area contributed by atoms with Crippen LogP contribution in [0.2, 0.25) is 0 Å². The smallest absolute Gasteiger partial charge is 0.272 e. The van der Waals surface area contributed by atoms with Crippen LogP contribution in [0.5, 0.6) is 0 Å². The molecular formula is C10H15NO3S2. The van der Waals surface area contributed by atoms with E-state index in [4.69, 9.17) is 4.18 Å². The molecule has 90 valence electrons. The minimum Gasteiger partial charge on any atom is -0.315 e. The van der Waals surface area contributed by atoms with Gasteiger partial charge in [0.2, 0.25) is 0 Å². The summed E-state index contributed by atoms with van der Waals surface area (Å²) in [6.07, 6.45) is 0. The van der Waals surface area contributed by atoms with Gasteiger partial charge in [0.1, 0.15) is 5.25 Å². The second-order valence-corrected chi connectivity index (χ2v) is 6.52. The molecule has 1 aromatic rings. The van der Waals surface area contributed by atoms with Gasteiger partial charge < -0.3 is 5.32 Å². The van der Waals surface area contributed by atoms with Gasteiger partial charge in [0.05, 0.1) is 6.61 Å². The highest BCUT2D eigenvalue weighted by molar-refractivity contribution is 7.87. The number of rotatable bonds is 4. The third kappa shape index (κ3) is 2.29. The summed E-state index contributed by atoms with van der Waals surface area (Å²) >= 11 is 1.60. The zero-order chi connectivity index (χ0) is 11.6. The van der Waals surface area contributed by atoms with Crippen molar-refractivity contribution in [2.45, 2.75) is 18.1 Å². The van der Waals surface area contributed by atoms with Crippen molar-refractivity contribution in [2.24, 2.45) is 0 Å². The summed E-state index contributed by atoms with van der Waals surface area (Å²) < 4.78 is 28.6. The summed E-state index contributed by atoms with van der Waals surface area (Å²) in [4.78, 5) is 1.11. The number of thiophene rings is 1. The SMILES string of the molecule is CCOS(=O)(=O)C1CNCC1c1cccs1. The molecule has 2 unspecified atom stereocenters. The second kappa shape index (κ2) is 4.83. The topological polar surface area (TPSA) is 55.4 Å². The highest BCUT2D eigenvalue weighted by Crippen LogP contribution is 2.31. The zero-order valence-electron chi connectivity index (χ0n) is 9.05. The largest absolute Gasteiger partial charge is 0.315 e. The molecule has 2 atom stereocenters. The van der Waals surface area contributed by atoms with E-state index >= 15 is 0 Å². The Morgan fingerprint density at radius 2 is 2.38 bits per heavy atom. The monoisotopic (exact) mass is 261 g/mol. The number of hydrogen-bond acceptors (Lipinski definition) is 5. The summed E-state index contributed by atoms with van der Waals surface area (Å²) in [7, 11) is -3.44. The second-order valence-electron chi connectivity index (χ2n) is 3.72. The van der Waals surface area contributed by atoms with E-state index in [-0.39, 0.29) is 12.5 Å². The standard InChI is InChI=1S/C10H15NO3S2/c1-2-14-16(12,13)10-7-11-6-8(10)9-4-3-5-15-9/h3-5,8,10-11H,2,6-7H2,1H3. The van der Waals surface area contributed by atoms with E-state index in [1.54, 1.807) is 18.3 Å². The molecule has 0 aromatic carbocycles. The van der Waals surface area contributed by atoms with Crippen molar-refractivity contribution >= 4 is 21.5 Å². The summed E-state index contributed by atoms with van der Waals surface area (Å²) in [5.74, 6) is 0.0246. The molecular weight excluding hydrogens is 246 g/mol. The Bertz CT molecular complexity index is 427. The van der Waals surface area contributed by atoms with Crippen LogP contribution in [0.1, 0.15) is 17.7 Å². The molecule has 0 saturated carbocycles. The van der Waals surface area contributed by atoms with Gasteiger partial charge in [-0.3, -0.25) is 4.18 Å². The molecule has 1 fully saturated rings. The molecule has 0 radical (unpaired) electrons. The molecule has 0 aliphatic carbocycles. The average Bonchev–Trinajstić information content (AvgIpc) is 2.88. The van der Waals surface area contributed by atoms with Crippen LogP contribution < -0.4 is 5.32 Å². The van der Waals surface area contributed by atoms with Crippen LogP contribution >= 0.6 is 11.3 Å². The van der Waals surface area contributed by atoms with Crippen LogP contribution in [-0.4, -0.2) is 33.4 Å². The predicted molar refractivity (Wildman–Crippen MR) is 64.3 cm³/mol. The molecule has 0 amide bonds. The quantitative estimate of drug-likeness (QED) is 0.827. The third-order valence-corrected chi connectivity index (χ3v) is 5.53. The maximum Gasteiger partial charge on any atom is 0.272 e. The van der Waals surface area contributed by atoms with Crippen molar-refractivity contribution in [3.05, 3.63) is 22.4 Å². The van der Waals surface area contributed by atoms with Gasteiger partial charge in [-0.15, -0.1) is 11.3 Å². The highest BCUT2D eigenvalue weighted by atomic mass is 32.2. The molecule has 1 N–H and O–H groups in total. The van der Waals surface area contributed by atoms with Crippen LogP contribution in [0.25, 0.3) is 0 Å². The molecule has 0 spiro atoms. The first kappa shape index (κ1) is 12.0. The van der Waals surface area contributed by atoms with Gasteiger partial charge in [-0.05, 0) is 18.4 Å². The minimum atomic E-state index is -3.44. The van der Waals surface area contributed by atoms with E-state index in [2.05, 4.69) is 5.32 Å². The Labute approximate surface area is 99.8 Å². The Balaban J connectivity index is 2.22. The lowest BCUT2D eigenvalue weighted by Gasteiger charge is -2.16. The fraction of sp³-hybridized carbons (Fsp3) is 0.600. The van der Waals surface area contributed by atoms with Gasteiger partial charge in [-0.2, -0.15) is 8.42 Å². The van der Waals surface area contributed by atoms with Gasteiger partial charge in [-0.25, -0.2) is 0 Å². The van der Waals surface area contributed by atoms with Crippen molar-refractivity contribution in [3.8, 4) is 0 Å². The average molecular weight is 261 g/mol. The maximum atomic E-state index is 11.9. The lowest BCUT2D eigenvalue weighted by Crippen LogP contribution is -2.29. The molecule has 4 nitrogen and oxygen atoms in total. The van der Waals surface area contributed by atoms with E-state index < -0.39 is 15.4 Å². The summed E-state index contributed by atoms with van der Waals surface area (Å²) in [5.41, 5.74) is 0. The maximum absolute atomic E-state index is 11.9.